The molecule has 0 bridgehead atoms. The topological polar surface area (TPSA) is 62.5 Å². The van der Waals surface area contributed by atoms with E-state index in [0.717, 1.165) is 29.0 Å². The van der Waals surface area contributed by atoms with Crippen LogP contribution < -0.4 is 10.2 Å². The van der Waals surface area contributed by atoms with E-state index in [1.807, 2.05) is 23.7 Å². The molecule has 2 aromatic rings. The van der Waals surface area contributed by atoms with E-state index in [2.05, 4.69) is 36.1 Å². The third kappa shape index (κ3) is 2.06. The summed E-state index contributed by atoms with van der Waals surface area (Å²) in [5.74, 6) is 0.895. The highest BCUT2D eigenvalue weighted by Gasteiger charge is 2.40. The van der Waals surface area contributed by atoms with E-state index >= 15 is 0 Å². The zero-order chi connectivity index (χ0) is 14.3. The second-order valence-corrected chi connectivity index (χ2v) is 6.17. The summed E-state index contributed by atoms with van der Waals surface area (Å²) < 4.78 is 2.69. The molecule has 0 radical (unpaired) electrons. The van der Waals surface area contributed by atoms with Crippen LogP contribution in [0.3, 0.4) is 0 Å². The van der Waals surface area contributed by atoms with Gasteiger partial charge in [-0.25, -0.2) is 9.97 Å². The van der Waals surface area contributed by atoms with E-state index in [4.69, 9.17) is 0 Å². The first kappa shape index (κ1) is 13.4. The molecule has 1 amide bonds. The highest BCUT2D eigenvalue weighted by atomic mass is 79.9. The van der Waals surface area contributed by atoms with Crippen molar-refractivity contribution in [2.45, 2.75) is 13.3 Å². The highest BCUT2D eigenvalue weighted by Crippen LogP contribution is 2.34. The van der Waals surface area contributed by atoms with Crippen LogP contribution >= 0.6 is 15.9 Å². The molecular weight excluding hydrogens is 322 g/mol. The molecule has 1 atom stereocenters. The number of hydrogen-bond acceptors (Lipinski definition) is 4. The molecule has 1 fully saturated rings. The minimum absolute atomic E-state index is 0.0781. The van der Waals surface area contributed by atoms with Gasteiger partial charge in [0.05, 0.1) is 5.41 Å². The molecule has 20 heavy (non-hydrogen) atoms. The standard InChI is InChI=1S/C13H16BrN5O/c1-13(12(20)15-2)3-5-19(8-13)11-10-16-4-6-18(10)7-9(14)17-11/h4,6-7H,3,5,8H2,1-2H3,(H,15,20). The van der Waals surface area contributed by atoms with Gasteiger partial charge in [0.15, 0.2) is 11.5 Å². The van der Waals surface area contributed by atoms with Crippen molar-refractivity contribution in [3.63, 3.8) is 0 Å². The SMILES string of the molecule is CNC(=O)C1(C)CCN(c2nc(Br)cn3ccnc23)C1. The largest absolute Gasteiger partial charge is 0.359 e. The number of nitrogens with zero attached hydrogens (tertiary/aromatic N) is 4. The molecule has 1 unspecified atom stereocenters. The second kappa shape index (κ2) is 4.73. The summed E-state index contributed by atoms with van der Waals surface area (Å²) >= 11 is 3.42. The lowest BCUT2D eigenvalue weighted by molar-refractivity contribution is -0.128. The molecule has 1 aliphatic heterocycles. The number of rotatable bonds is 2. The maximum absolute atomic E-state index is 12.0. The van der Waals surface area contributed by atoms with Gasteiger partial charge in [0.25, 0.3) is 0 Å². The van der Waals surface area contributed by atoms with E-state index in [-0.39, 0.29) is 11.3 Å². The Kier molecular flexibility index (Phi) is 3.16. The number of halogens is 1. The zero-order valence-electron chi connectivity index (χ0n) is 11.4. The molecule has 7 heteroatoms. The summed E-state index contributed by atoms with van der Waals surface area (Å²) in [4.78, 5) is 23.0. The van der Waals surface area contributed by atoms with Crippen molar-refractivity contribution >= 4 is 33.3 Å². The molecule has 2 aromatic heterocycles. The molecule has 6 nitrogen and oxygen atoms in total. The lowest BCUT2D eigenvalue weighted by Crippen LogP contribution is -2.39. The summed E-state index contributed by atoms with van der Waals surface area (Å²) in [7, 11) is 1.68. The van der Waals surface area contributed by atoms with E-state index < -0.39 is 0 Å². The molecule has 3 heterocycles. The Morgan fingerprint density at radius 2 is 2.35 bits per heavy atom. The maximum Gasteiger partial charge on any atom is 0.227 e. The zero-order valence-corrected chi connectivity index (χ0v) is 13.0. The minimum atomic E-state index is -0.373. The van der Waals surface area contributed by atoms with E-state index in [1.54, 1.807) is 13.2 Å². The molecular formula is C13H16BrN5O. The van der Waals surface area contributed by atoms with Gasteiger partial charge in [-0.1, -0.05) is 0 Å². The molecule has 3 rings (SSSR count). The van der Waals surface area contributed by atoms with Crippen LogP contribution in [0.2, 0.25) is 0 Å². The number of carbonyl (C=O) groups excluding carboxylic acids is 1. The predicted octanol–water partition coefficient (Wildman–Crippen LogP) is 1.45. The van der Waals surface area contributed by atoms with Crippen molar-refractivity contribution in [1.82, 2.24) is 19.7 Å². The fourth-order valence-corrected chi connectivity index (χ4v) is 3.11. The molecule has 0 spiro atoms. The Morgan fingerprint density at radius 1 is 1.55 bits per heavy atom. The number of imidazole rings is 1. The Labute approximate surface area is 125 Å². The van der Waals surface area contributed by atoms with E-state index in [0.29, 0.717) is 6.54 Å². The first-order valence-electron chi connectivity index (χ1n) is 6.50. The summed E-state index contributed by atoms with van der Waals surface area (Å²) in [5, 5.41) is 2.75. The van der Waals surface area contributed by atoms with Gasteiger partial charge in [0, 0.05) is 38.7 Å². The minimum Gasteiger partial charge on any atom is -0.359 e. The molecule has 106 valence electrons. The molecule has 1 saturated heterocycles. The number of anilines is 1. The summed E-state index contributed by atoms with van der Waals surface area (Å²) in [6.07, 6.45) is 6.33. The number of carbonyl (C=O) groups is 1. The van der Waals surface area contributed by atoms with Crippen LogP contribution in [-0.4, -0.2) is 40.4 Å². The molecule has 0 saturated carbocycles. The lowest BCUT2D eigenvalue weighted by atomic mass is 9.89. The van der Waals surface area contributed by atoms with Gasteiger partial charge in [-0.2, -0.15) is 0 Å². The van der Waals surface area contributed by atoms with Gasteiger partial charge >= 0.3 is 0 Å². The van der Waals surface area contributed by atoms with Crippen LogP contribution in [0.15, 0.2) is 23.2 Å². The summed E-state index contributed by atoms with van der Waals surface area (Å²) in [5.41, 5.74) is 0.442. The van der Waals surface area contributed by atoms with Crippen LogP contribution in [0.1, 0.15) is 13.3 Å². The van der Waals surface area contributed by atoms with Crippen LogP contribution in [0.5, 0.6) is 0 Å². The predicted molar refractivity (Wildman–Crippen MR) is 79.7 cm³/mol. The number of nitrogens with one attached hydrogen (secondary N) is 1. The van der Waals surface area contributed by atoms with Crippen LogP contribution in [0.25, 0.3) is 5.65 Å². The van der Waals surface area contributed by atoms with Crippen LogP contribution in [0.4, 0.5) is 5.82 Å². The summed E-state index contributed by atoms with van der Waals surface area (Å²) in [6.45, 7) is 3.45. The van der Waals surface area contributed by atoms with Crippen molar-refractivity contribution in [2.75, 3.05) is 25.0 Å². The lowest BCUT2D eigenvalue weighted by Gasteiger charge is -2.23. The highest BCUT2D eigenvalue weighted by molar-refractivity contribution is 9.10. The normalized spacial score (nSPS) is 22.4. The number of fused-ring (bicyclic) bond motifs is 1. The van der Waals surface area contributed by atoms with Crippen molar-refractivity contribution in [1.29, 1.82) is 0 Å². The summed E-state index contributed by atoms with van der Waals surface area (Å²) in [6, 6.07) is 0. The Hall–Kier alpha value is -1.63. The molecule has 1 aliphatic rings. The fourth-order valence-electron chi connectivity index (χ4n) is 2.73. The van der Waals surface area contributed by atoms with Crippen LogP contribution in [0, 0.1) is 5.41 Å². The first-order valence-corrected chi connectivity index (χ1v) is 7.29. The molecule has 1 N–H and O–H groups in total. The van der Waals surface area contributed by atoms with Gasteiger partial charge in [-0.15, -0.1) is 0 Å². The van der Waals surface area contributed by atoms with Crippen molar-refractivity contribution < 1.29 is 4.79 Å². The first-order chi connectivity index (χ1) is 9.53. The van der Waals surface area contributed by atoms with Gasteiger partial charge < -0.3 is 14.6 Å². The molecule has 0 aromatic carbocycles. The Morgan fingerprint density at radius 3 is 3.10 bits per heavy atom. The Bertz CT molecular complexity index is 670. The third-order valence-electron chi connectivity index (χ3n) is 3.88. The Balaban J connectivity index is 1.97. The quantitative estimate of drug-likeness (QED) is 0.900. The van der Waals surface area contributed by atoms with Crippen molar-refractivity contribution in [3.8, 4) is 0 Å². The van der Waals surface area contributed by atoms with Gasteiger partial charge in [0.2, 0.25) is 5.91 Å². The maximum atomic E-state index is 12.0. The van der Waals surface area contributed by atoms with Crippen LogP contribution in [-0.2, 0) is 4.79 Å². The fraction of sp³-hybridized carbons (Fsp3) is 0.462. The number of hydrogen-bond donors (Lipinski definition) is 1. The van der Waals surface area contributed by atoms with E-state index in [1.165, 1.54) is 0 Å². The van der Waals surface area contributed by atoms with Crippen molar-refractivity contribution in [2.24, 2.45) is 5.41 Å². The van der Waals surface area contributed by atoms with Gasteiger partial charge in [0.1, 0.15) is 4.60 Å². The molecule has 0 aliphatic carbocycles. The average Bonchev–Trinajstić information content (AvgIpc) is 3.04. The van der Waals surface area contributed by atoms with Gasteiger partial charge in [-0.3, -0.25) is 4.79 Å². The average molecular weight is 338 g/mol. The van der Waals surface area contributed by atoms with Crippen molar-refractivity contribution in [3.05, 3.63) is 23.2 Å². The smallest absolute Gasteiger partial charge is 0.227 e. The second-order valence-electron chi connectivity index (χ2n) is 5.36. The number of aromatic nitrogens is 3. The number of amides is 1. The van der Waals surface area contributed by atoms with Gasteiger partial charge in [-0.05, 0) is 29.3 Å². The van der Waals surface area contributed by atoms with E-state index in [9.17, 15) is 4.79 Å². The monoisotopic (exact) mass is 337 g/mol. The third-order valence-corrected chi connectivity index (χ3v) is 4.26.